The van der Waals surface area contributed by atoms with Gasteiger partial charge in [-0.1, -0.05) is 18.2 Å². The number of ether oxygens (including phenoxy) is 2. The second-order valence-corrected chi connectivity index (χ2v) is 6.77. The highest BCUT2D eigenvalue weighted by atomic mass is 16.5. The average Bonchev–Trinajstić information content (AvgIpc) is 3.18. The van der Waals surface area contributed by atoms with E-state index < -0.39 is 0 Å². The molecule has 3 rings (SSSR count). The first kappa shape index (κ1) is 19.0. The number of amides is 2. The minimum Gasteiger partial charge on any atom is -0.492 e. The first-order valence-corrected chi connectivity index (χ1v) is 9.52. The fraction of sp³-hybridized carbons (Fsp3) is 0.429. The van der Waals surface area contributed by atoms with Gasteiger partial charge in [0.15, 0.2) is 0 Å². The maximum absolute atomic E-state index is 12.0. The highest BCUT2D eigenvalue weighted by Gasteiger charge is 2.18. The Kier molecular flexibility index (Phi) is 6.90. The summed E-state index contributed by atoms with van der Waals surface area (Å²) in [5.74, 6) is 1.42. The monoisotopic (exact) mass is 369 g/mol. The van der Waals surface area contributed by atoms with Crippen LogP contribution in [0.3, 0.4) is 0 Å². The molecule has 0 radical (unpaired) electrons. The molecule has 0 atom stereocenters. The van der Waals surface area contributed by atoms with Gasteiger partial charge in [0.2, 0.25) is 5.88 Å². The van der Waals surface area contributed by atoms with Crippen LogP contribution in [-0.4, -0.2) is 30.3 Å². The molecule has 6 heteroatoms. The molecule has 1 saturated carbocycles. The Balaban J connectivity index is 1.38. The minimum absolute atomic E-state index is 0.237. The third-order valence-electron chi connectivity index (χ3n) is 4.52. The van der Waals surface area contributed by atoms with Crippen molar-refractivity contribution in [2.45, 2.75) is 45.3 Å². The molecule has 144 valence electrons. The van der Waals surface area contributed by atoms with Crippen molar-refractivity contribution in [1.29, 1.82) is 0 Å². The maximum Gasteiger partial charge on any atom is 0.315 e. The van der Waals surface area contributed by atoms with Gasteiger partial charge in [0.25, 0.3) is 0 Å². The molecule has 1 aliphatic carbocycles. The molecule has 0 saturated heterocycles. The number of urea groups is 1. The molecule has 0 aliphatic heterocycles. The normalized spacial score (nSPS) is 14.0. The van der Waals surface area contributed by atoms with Gasteiger partial charge in [0, 0.05) is 18.3 Å². The average molecular weight is 369 g/mol. The van der Waals surface area contributed by atoms with Crippen LogP contribution in [0.1, 0.15) is 36.8 Å². The van der Waals surface area contributed by atoms with E-state index in [1.54, 1.807) is 6.20 Å². The van der Waals surface area contributed by atoms with Crippen molar-refractivity contribution in [1.82, 2.24) is 15.6 Å². The van der Waals surface area contributed by atoms with Gasteiger partial charge in [-0.25, -0.2) is 9.78 Å². The summed E-state index contributed by atoms with van der Waals surface area (Å²) < 4.78 is 11.6. The third kappa shape index (κ3) is 6.16. The molecule has 6 nitrogen and oxygen atoms in total. The summed E-state index contributed by atoms with van der Waals surface area (Å²) in [6.07, 6.45) is 6.52. The predicted octanol–water partition coefficient (Wildman–Crippen LogP) is 3.59. The second kappa shape index (κ2) is 9.80. The number of hydrogen-bond donors (Lipinski definition) is 2. The Bertz CT molecular complexity index is 745. The molecule has 1 aromatic heterocycles. The van der Waals surface area contributed by atoms with Crippen molar-refractivity contribution < 1.29 is 14.3 Å². The van der Waals surface area contributed by atoms with Crippen LogP contribution < -0.4 is 20.1 Å². The minimum atomic E-state index is -0.237. The molecule has 2 amide bonds. The smallest absolute Gasteiger partial charge is 0.315 e. The van der Waals surface area contributed by atoms with Gasteiger partial charge >= 0.3 is 6.03 Å². The topological polar surface area (TPSA) is 72.5 Å². The first-order chi connectivity index (χ1) is 13.2. The molecular formula is C21H27N3O3. The predicted molar refractivity (Wildman–Crippen MR) is 104 cm³/mol. The number of rotatable bonds is 8. The van der Waals surface area contributed by atoms with Gasteiger partial charge in [-0.05, 0) is 56.4 Å². The fourth-order valence-electron chi connectivity index (χ4n) is 3.11. The molecular weight excluding hydrogens is 342 g/mol. The van der Waals surface area contributed by atoms with Crippen LogP contribution >= 0.6 is 0 Å². The lowest BCUT2D eigenvalue weighted by atomic mass is 10.2. The lowest BCUT2D eigenvalue weighted by molar-refractivity contribution is 0.198. The van der Waals surface area contributed by atoms with Crippen LogP contribution in [0, 0.1) is 6.92 Å². The first-order valence-electron chi connectivity index (χ1n) is 9.52. The largest absolute Gasteiger partial charge is 0.492 e. The number of pyridine rings is 1. The molecule has 1 heterocycles. The number of nitrogens with one attached hydrogen (secondary N) is 2. The molecule has 2 aromatic rings. The number of benzene rings is 1. The van der Waals surface area contributed by atoms with Crippen LogP contribution in [0.5, 0.6) is 11.6 Å². The van der Waals surface area contributed by atoms with Crippen LogP contribution in [0.4, 0.5) is 4.79 Å². The summed E-state index contributed by atoms with van der Waals surface area (Å²) in [4.78, 5) is 16.3. The Hall–Kier alpha value is -2.76. The van der Waals surface area contributed by atoms with Gasteiger partial charge in [0.05, 0.1) is 6.54 Å². The highest BCUT2D eigenvalue weighted by molar-refractivity contribution is 5.73. The quantitative estimate of drug-likeness (QED) is 0.698. The van der Waals surface area contributed by atoms with Crippen molar-refractivity contribution in [2.75, 3.05) is 13.2 Å². The Morgan fingerprint density at radius 2 is 2.04 bits per heavy atom. The van der Waals surface area contributed by atoms with Gasteiger partial charge in [-0.3, -0.25) is 0 Å². The van der Waals surface area contributed by atoms with E-state index in [-0.39, 0.29) is 12.1 Å². The van der Waals surface area contributed by atoms with Crippen molar-refractivity contribution >= 4 is 6.03 Å². The Morgan fingerprint density at radius 3 is 2.85 bits per heavy atom. The summed E-state index contributed by atoms with van der Waals surface area (Å²) in [5, 5.41) is 5.64. The number of aryl methyl sites for hydroxylation is 1. The lowest BCUT2D eigenvalue weighted by Crippen LogP contribution is -2.37. The summed E-state index contributed by atoms with van der Waals surface area (Å²) in [5.41, 5.74) is 2.03. The van der Waals surface area contributed by atoms with E-state index in [0.29, 0.717) is 25.6 Å². The number of carbonyl (C=O) groups is 1. The van der Waals surface area contributed by atoms with Crippen LogP contribution in [0.15, 0.2) is 42.6 Å². The van der Waals surface area contributed by atoms with Gasteiger partial charge in [-0.2, -0.15) is 0 Å². The van der Waals surface area contributed by atoms with Crippen molar-refractivity contribution in [3.63, 3.8) is 0 Å². The fourth-order valence-corrected chi connectivity index (χ4v) is 3.11. The van der Waals surface area contributed by atoms with Crippen LogP contribution in [0.2, 0.25) is 0 Å². The van der Waals surface area contributed by atoms with E-state index in [1.165, 1.54) is 12.8 Å². The molecule has 1 fully saturated rings. The van der Waals surface area contributed by atoms with Crippen molar-refractivity contribution in [2.24, 2.45) is 0 Å². The molecule has 2 N–H and O–H groups in total. The summed E-state index contributed by atoms with van der Waals surface area (Å²) in [6.45, 7) is 3.24. The number of carbonyl (C=O) groups excluding carboxylic acids is 1. The van der Waals surface area contributed by atoms with Crippen LogP contribution in [-0.2, 0) is 6.54 Å². The second-order valence-electron chi connectivity index (χ2n) is 6.77. The molecule has 1 aromatic carbocycles. The van der Waals surface area contributed by atoms with E-state index in [1.807, 2.05) is 43.3 Å². The van der Waals surface area contributed by atoms with Gasteiger partial charge in [0.1, 0.15) is 18.5 Å². The van der Waals surface area contributed by atoms with Crippen molar-refractivity contribution in [3.05, 3.63) is 53.7 Å². The van der Waals surface area contributed by atoms with E-state index in [0.717, 1.165) is 29.7 Å². The zero-order valence-electron chi connectivity index (χ0n) is 15.7. The summed E-state index contributed by atoms with van der Waals surface area (Å²) >= 11 is 0. The van der Waals surface area contributed by atoms with Crippen molar-refractivity contribution in [3.8, 4) is 11.6 Å². The third-order valence-corrected chi connectivity index (χ3v) is 4.52. The molecule has 0 bridgehead atoms. The zero-order valence-corrected chi connectivity index (χ0v) is 15.7. The lowest BCUT2D eigenvalue weighted by Gasteiger charge is -2.15. The Labute approximate surface area is 160 Å². The molecule has 1 aliphatic rings. The van der Waals surface area contributed by atoms with E-state index in [2.05, 4.69) is 15.6 Å². The van der Waals surface area contributed by atoms with E-state index >= 15 is 0 Å². The molecule has 0 unspecified atom stereocenters. The molecule has 0 spiro atoms. The highest BCUT2D eigenvalue weighted by Crippen LogP contribution is 2.24. The Morgan fingerprint density at radius 1 is 1.19 bits per heavy atom. The molecule has 27 heavy (non-hydrogen) atoms. The number of hydrogen-bond acceptors (Lipinski definition) is 4. The van der Waals surface area contributed by atoms with Gasteiger partial charge in [-0.15, -0.1) is 0 Å². The van der Waals surface area contributed by atoms with E-state index in [9.17, 15) is 4.79 Å². The maximum atomic E-state index is 12.0. The van der Waals surface area contributed by atoms with Gasteiger partial charge < -0.3 is 20.1 Å². The standard InChI is InChI=1S/C21H27N3O3/c1-16-6-4-10-19(14-16)26-13-12-23-21(25)24-15-17-7-5-11-22-20(17)27-18-8-2-3-9-18/h4-7,10-11,14,18H,2-3,8-9,12-13,15H2,1H3,(H2,23,24,25). The summed E-state index contributed by atoms with van der Waals surface area (Å²) in [6, 6.07) is 11.4. The zero-order chi connectivity index (χ0) is 18.9. The van der Waals surface area contributed by atoms with Crippen LogP contribution in [0.25, 0.3) is 0 Å². The summed E-state index contributed by atoms with van der Waals surface area (Å²) in [7, 11) is 0. The van der Waals surface area contributed by atoms with E-state index in [4.69, 9.17) is 9.47 Å². The number of aromatic nitrogens is 1. The number of nitrogens with zero attached hydrogens (tertiary/aromatic N) is 1. The SMILES string of the molecule is Cc1cccc(OCCNC(=O)NCc2cccnc2OC2CCCC2)c1.